The first-order valence-corrected chi connectivity index (χ1v) is 10.7. The molecule has 0 N–H and O–H groups in total. The summed E-state index contributed by atoms with van der Waals surface area (Å²) < 4.78 is 41.6. The summed E-state index contributed by atoms with van der Waals surface area (Å²) in [4.78, 5) is 4.78. The van der Waals surface area contributed by atoms with Gasteiger partial charge in [-0.1, -0.05) is 28.1 Å². The molecule has 1 aliphatic heterocycles. The first-order chi connectivity index (χ1) is 12.9. The lowest BCUT2D eigenvalue weighted by Gasteiger charge is -2.30. The minimum Gasteiger partial charge on any atom is -0.264 e. The maximum Gasteiger partial charge on any atom is 0.264 e. The maximum atomic E-state index is 13.2. The highest BCUT2D eigenvalue weighted by Crippen LogP contribution is 2.33. The normalized spacial score (nSPS) is 14.1. The first kappa shape index (κ1) is 18.1. The molecule has 0 unspecified atom stereocenters. The second-order valence-electron chi connectivity index (χ2n) is 6.30. The van der Waals surface area contributed by atoms with Gasteiger partial charge < -0.3 is 0 Å². The molecule has 3 aromatic rings. The van der Waals surface area contributed by atoms with Crippen molar-refractivity contribution in [2.75, 3.05) is 10.8 Å². The molecule has 0 aliphatic carbocycles. The summed E-state index contributed by atoms with van der Waals surface area (Å²) in [6.07, 6.45) is 1.40. The molecule has 1 aliphatic rings. The van der Waals surface area contributed by atoms with Gasteiger partial charge in [0.05, 0.1) is 22.0 Å². The Morgan fingerprint density at radius 1 is 0.963 bits per heavy atom. The molecule has 0 radical (unpaired) electrons. The van der Waals surface area contributed by atoms with Crippen LogP contribution in [0.2, 0.25) is 0 Å². The minimum absolute atomic E-state index is 0.0775. The number of aryl methyl sites for hydroxylation is 1. The van der Waals surface area contributed by atoms with Gasteiger partial charge in [-0.15, -0.1) is 0 Å². The summed E-state index contributed by atoms with van der Waals surface area (Å²) in [5.74, 6) is -0.464. The summed E-state index contributed by atoms with van der Waals surface area (Å²) in [6.45, 7) is 0.381. The average Bonchev–Trinajstić information content (AvgIpc) is 2.68. The lowest BCUT2D eigenvalue weighted by Crippen LogP contribution is -2.35. The van der Waals surface area contributed by atoms with Crippen LogP contribution in [0.4, 0.5) is 10.1 Å². The highest BCUT2D eigenvalue weighted by atomic mass is 79.9. The van der Waals surface area contributed by atoms with Crippen LogP contribution in [-0.2, 0) is 16.4 Å². The Bertz CT molecular complexity index is 1080. The quantitative estimate of drug-likeness (QED) is 0.580. The Labute approximate surface area is 165 Å². The van der Waals surface area contributed by atoms with Crippen molar-refractivity contribution < 1.29 is 12.8 Å². The molecular weight excluding hydrogens is 431 g/mol. The number of benzene rings is 2. The second kappa shape index (κ2) is 7.05. The van der Waals surface area contributed by atoms with Crippen LogP contribution in [0.5, 0.6) is 0 Å². The van der Waals surface area contributed by atoms with Gasteiger partial charge in [-0.05, 0) is 61.4 Å². The van der Waals surface area contributed by atoms with E-state index in [1.165, 1.54) is 16.4 Å². The van der Waals surface area contributed by atoms with Gasteiger partial charge in [0.15, 0.2) is 0 Å². The number of halogens is 2. The van der Waals surface area contributed by atoms with E-state index in [9.17, 15) is 12.8 Å². The number of sulfonamides is 1. The van der Waals surface area contributed by atoms with E-state index in [-0.39, 0.29) is 4.90 Å². The molecule has 138 valence electrons. The molecule has 2 aromatic carbocycles. The molecule has 27 heavy (non-hydrogen) atoms. The van der Waals surface area contributed by atoms with E-state index < -0.39 is 15.8 Å². The van der Waals surface area contributed by atoms with Crippen molar-refractivity contribution in [3.8, 4) is 11.3 Å². The lowest BCUT2D eigenvalue weighted by molar-refractivity contribution is 0.584. The molecule has 4 nitrogen and oxygen atoms in total. The molecule has 0 spiro atoms. The van der Waals surface area contributed by atoms with Crippen LogP contribution in [0.3, 0.4) is 0 Å². The number of hydrogen-bond donors (Lipinski definition) is 0. The van der Waals surface area contributed by atoms with Crippen LogP contribution in [0.15, 0.2) is 70.0 Å². The van der Waals surface area contributed by atoms with Gasteiger partial charge in [-0.2, -0.15) is 0 Å². The van der Waals surface area contributed by atoms with Crippen molar-refractivity contribution >= 4 is 31.6 Å². The van der Waals surface area contributed by atoms with Gasteiger partial charge in [-0.3, -0.25) is 9.29 Å². The van der Waals surface area contributed by atoms with Gasteiger partial charge in [0.1, 0.15) is 5.82 Å². The fraction of sp³-hybridized carbons (Fsp3) is 0.150. The topological polar surface area (TPSA) is 50.3 Å². The molecule has 4 rings (SSSR count). The number of rotatable bonds is 3. The molecule has 0 amide bonds. The highest BCUT2D eigenvalue weighted by Gasteiger charge is 2.30. The Morgan fingerprint density at radius 3 is 2.37 bits per heavy atom. The van der Waals surface area contributed by atoms with Crippen molar-refractivity contribution in [2.45, 2.75) is 17.7 Å². The first-order valence-electron chi connectivity index (χ1n) is 8.49. The zero-order chi connectivity index (χ0) is 19.0. The van der Waals surface area contributed by atoms with E-state index in [1.807, 2.05) is 30.3 Å². The summed E-state index contributed by atoms with van der Waals surface area (Å²) in [6, 6.07) is 16.4. The van der Waals surface area contributed by atoms with E-state index in [2.05, 4.69) is 15.9 Å². The summed E-state index contributed by atoms with van der Waals surface area (Å²) in [7, 11) is -3.75. The average molecular weight is 447 g/mol. The van der Waals surface area contributed by atoms with Crippen molar-refractivity contribution in [1.82, 2.24) is 4.98 Å². The molecule has 0 fully saturated rings. The number of anilines is 1. The van der Waals surface area contributed by atoms with E-state index in [4.69, 9.17) is 4.98 Å². The van der Waals surface area contributed by atoms with Crippen LogP contribution >= 0.6 is 15.9 Å². The number of nitrogens with zero attached hydrogens (tertiary/aromatic N) is 2. The Morgan fingerprint density at radius 2 is 1.67 bits per heavy atom. The third kappa shape index (κ3) is 3.49. The zero-order valence-electron chi connectivity index (χ0n) is 14.3. The van der Waals surface area contributed by atoms with Crippen LogP contribution in [0.25, 0.3) is 11.3 Å². The van der Waals surface area contributed by atoms with Crippen LogP contribution in [0.1, 0.15) is 12.1 Å². The fourth-order valence-electron chi connectivity index (χ4n) is 3.18. The Hall–Kier alpha value is -2.25. The predicted molar refractivity (Wildman–Crippen MR) is 107 cm³/mol. The SMILES string of the molecule is O=S(=O)(c1ccc(F)cc1)N1CCCc2nc(-c3ccc(Br)cc3)ccc21. The molecular formula is C20H16BrFN2O2S. The summed E-state index contributed by atoms with van der Waals surface area (Å²) >= 11 is 3.42. The van der Waals surface area contributed by atoms with Crippen molar-refractivity contribution in [1.29, 1.82) is 0 Å². The monoisotopic (exact) mass is 446 g/mol. The van der Waals surface area contributed by atoms with Gasteiger partial charge in [-0.25, -0.2) is 12.8 Å². The molecule has 2 heterocycles. The van der Waals surface area contributed by atoms with Gasteiger partial charge >= 0.3 is 0 Å². The van der Waals surface area contributed by atoms with Crippen LogP contribution < -0.4 is 4.31 Å². The van der Waals surface area contributed by atoms with Crippen molar-refractivity contribution in [2.24, 2.45) is 0 Å². The molecule has 7 heteroatoms. The van der Waals surface area contributed by atoms with E-state index in [1.54, 1.807) is 6.07 Å². The highest BCUT2D eigenvalue weighted by molar-refractivity contribution is 9.10. The molecule has 0 atom stereocenters. The van der Waals surface area contributed by atoms with Gasteiger partial charge in [0.25, 0.3) is 10.0 Å². The number of aromatic nitrogens is 1. The predicted octanol–water partition coefficient (Wildman–Crippen LogP) is 4.79. The number of pyridine rings is 1. The molecule has 0 bridgehead atoms. The summed E-state index contributed by atoms with van der Waals surface area (Å²) in [5, 5.41) is 0. The van der Waals surface area contributed by atoms with E-state index in [0.29, 0.717) is 18.7 Å². The number of hydrogen-bond acceptors (Lipinski definition) is 3. The zero-order valence-corrected chi connectivity index (χ0v) is 16.7. The van der Waals surface area contributed by atoms with Crippen LogP contribution in [0, 0.1) is 5.82 Å². The Balaban J connectivity index is 1.73. The van der Waals surface area contributed by atoms with Crippen LogP contribution in [-0.4, -0.2) is 19.9 Å². The van der Waals surface area contributed by atoms with E-state index >= 15 is 0 Å². The van der Waals surface area contributed by atoms with Crippen molar-refractivity contribution in [3.05, 3.63) is 76.6 Å². The van der Waals surface area contributed by atoms with Gasteiger partial charge in [0, 0.05) is 16.6 Å². The maximum absolute atomic E-state index is 13.2. The minimum atomic E-state index is -3.75. The smallest absolute Gasteiger partial charge is 0.264 e. The van der Waals surface area contributed by atoms with Crippen molar-refractivity contribution in [3.63, 3.8) is 0 Å². The summed E-state index contributed by atoms with van der Waals surface area (Å²) in [5.41, 5.74) is 3.13. The Kier molecular flexibility index (Phi) is 4.74. The molecule has 1 aromatic heterocycles. The third-order valence-corrected chi connectivity index (χ3v) is 6.89. The molecule has 0 saturated heterocycles. The van der Waals surface area contributed by atoms with Gasteiger partial charge in [0.2, 0.25) is 0 Å². The standard InChI is InChI=1S/C20H16BrFN2O2S/c21-15-5-3-14(4-6-15)18-11-12-20-19(23-18)2-1-13-24(20)27(25,26)17-9-7-16(22)8-10-17/h3-12H,1-2,13H2. The number of fused-ring (bicyclic) bond motifs is 1. The molecule has 0 saturated carbocycles. The second-order valence-corrected chi connectivity index (χ2v) is 9.08. The largest absolute Gasteiger partial charge is 0.264 e. The van der Waals surface area contributed by atoms with E-state index in [0.717, 1.165) is 40.0 Å². The lowest BCUT2D eigenvalue weighted by atomic mass is 10.1. The third-order valence-electron chi connectivity index (χ3n) is 4.54. The fourth-order valence-corrected chi connectivity index (χ4v) is 4.97.